The van der Waals surface area contributed by atoms with Crippen molar-refractivity contribution in [2.45, 2.75) is 6.42 Å². The van der Waals surface area contributed by atoms with Crippen LogP contribution >= 0.6 is 12.2 Å². The van der Waals surface area contributed by atoms with Crippen molar-refractivity contribution in [1.82, 2.24) is 9.88 Å². The molecule has 0 bridgehead atoms. The molecule has 0 spiro atoms. The van der Waals surface area contributed by atoms with E-state index in [1.165, 1.54) is 0 Å². The van der Waals surface area contributed by atoms with Gasteiger partial charge in [0.2, 0.25) is 0 Å². The normalized spacial score (nSPS) is 16.2. The van der Waals surface area contributed by atoms with E-state index in [4.69, 9.17) is 22.7 Å². The van der Waals surface area contributed by atoms with E-state index in [1.54, 1.807) is 6.20 Å². The minimum absolute atomic E-state index is 0.378. The molecule has 6 heteroatoms. The Hall–Kier alpha value is -1.24. The molecule has 1 saturated heterocycles. The van der Waals surface area contributed by atoms with Crippen LogP contribution in [0.15, 0.2) is 18.3 Å². The van der Waals surface area contributed by atoms with Gasteiger partial charge in [0.05, 0.1) is 18.8 Å². The molecule has 0 aliphatic carbocycles. The number of thiocarbonyl (C=S) groups is 1. The Morgan fingerprint density at radius 3 is 3.00 bits per heavy atom. The Bertz CT molecular complexity index is 421. The van der Waals surface area contributed by atoms with Crippen LogP contribution < -0.4 is 11.1 Å². The summed E-state index contributed by atoms with van der Waals surface area (Å²) in [5.74, 6) is 0.775. The van der Waals surface area contributed by atoms with Crippen molar-refractivity contribution >= 4 is 23.0 Å². The minimum Gasteiger partial charge on any atom is -0.389 e. The molecule has 0 radical (unpaired) electrons. The highest BCUT2D eigenvalue weighted by Crippen LogP contribution is 2.11. The third-order valence-electron chi connectivity index (χ3n) is 3.12. The lowest BCUT2D eigenvalue weighted by Crippen LogP contribution is -2.37. The Kier molecular flexibility index (Phi) is 5.50. The molecule has 3 N–H and O–H groups in total. The molecular formula is C13H20N4OS. The summed E-state index contributed by atoms with van der Waals surface area (Å²) in [7, 11) is 0. The van der Waals surface area contributed by atoms with E-state index < -0.39 is 0 Å². The quantitative estimate of drug-likeness (QED) is 0.595. The Morgan fingerprint density at radius 1 is 1.47 bits per heavy atom. The van der Waals surface area contributed by atoms with Crippen LogP contribution in [0.1, 0.15) is 12.0 Å². The van der Waals surface area contributed by atoms with Crippen molar-refractivity contribution in [3.8, 4) is 0 Å². The molecule has 1 fully saturated rings. The third-order valence-corrected chi connectivity index (χ3v) is 3.34. The number of anilines is 1. The van der Waals surface area contributed by atoms with Gasteiger partial charge in [-0.3, -0.25) is 4.90 Å². The van der Waals surface area contributed by atoms with E-state index in [9.17, 15) is 0 Å². The summed E-state index contributed by atoms with van der Waals surface area (Å²) in [6, 6.07) is 3.73. The van der Waals surface area contributed by atoms with Gasteiger partial charge in [-0.05, 0) is 25.1 Å². The molecule has 0 saturated carbocycles. The summed E-state index contributed by atoms with van der Waals surface area (Å²) in [4.78, 5) is 7.07. The number of nitrogens with two attached hydrogens (primary N) is 1. The number of ether oxygens (including phenoxy) is 1. The zero-order valence-corrected chi connectivity index (χ0v) is 11.8. The van der Waals surface area contributed by atoms with Gasteiger partial charge in [0.25, 0.3) is 0 Å². The van der Waals surface area contributed by atoms with Gasteiger partial charge in [-0.1, -0.05) is 12.2 Å². The SMILES string of the molecule is NC(=S)c1cccnc1NCCCN1CCOCC1. The second-order valence-electron chi connectivity index (χ2n) is 4.50. The fraction of sp³-hybridized carbons (Fsp3) is 0.538. The largest absolute Gasteiger partial charge is 0.389 e. The smallest absolute Gasteiger partial charge is 0.136 e. The molecular weight excluding hydrogens is 260 g/mol. The molecule has 0 aromatic carbocycles. The third kappa shape index (κ3) is 4.41. The van der Waals surface area contributed by atoms with E-state index in [1.807, 2.05) is 12.1 Å². The van der Waals surface area contributed by atoms with Crippen LogP contribution in [0, 0.1) is 0 Å². The summed E-state index contributed by atoms with van der Waals surface area (Å²) >= 11 is 5.01. The second-order valence-corrected chi connectivity index (χ2v) is 4.94. The minimum atomic E-state index is 0.378. The van der Waals surface area contributed by atoms with Crippen molar-refractivity contribution in [3.05, 3.63) is 23.9 Å². The highest BCUT2D eigenvalue weighted by atomic mass is 32.1. The molecule has 1 aliphatic heterocycles. The molecule has 104 valence electrons. The van der Waals surface area contributed by atoms with Crippen LogP contribution in [0.4, 0.5) is 5.82 Å². The monoisotopic (exact) mass is 280 g/mol. The first-order valence-electron chi connectivity index (χ1n) is 6.56. The van der Waals surface area contributed by atoms with Crippen LogP contribution in [0.3, 0.4) is 0 Å². The zero-order valence-electron chi connectivity index (χ0n) is 11.0. The van der Waals surface area contributed by atoms with E-state index >= 15 is 0 Å². The molecule has 19 heavy (non-hydrogen) atoms. The number of rotatable bonds is 6. The standard InChI is InChI=1S/C13H20N4OS/c14-12(19)11-3-1-4-15-13(11)16-5-2-6-17-7-9-18-10-8-17/h1,3-4H,2,5-10H2,(H2,14,19)(H,15,16). The Balaban J connectivity index is 1.74. The lowest BCUT2D eigenvalue weighted by atomic mass is 10.2. The highest BCUT2D eigenvalue weighted by molar-refractivity contribution is 7.80. The van der Waals surface area contributed by atoms with Crippen molar-refractivity contribution in [2.75, 3.05) is 44.7 Å². The number of pyridine rings is 1. The zero-order chi connectivity index (χ0) is 13.5. The van der Waals surface area contributed by atoms with E-state index in [2.05, 4.69) is 15.2 Å². The Labute approximate surface area is 119 Å². The molecule has 2 rings (SSSR count). The maximum absolute atomic E-state index is 5.67. The number of aromatic nitrogens is 1. The van der Waals surface area contributed by atoms with Crippen molar-refractivity contribution in [2.24, 2.45) is 5.73 Å². The number of nitrogens with zero attached hydrogens (tertiary/aromatic N) is 2. The Morgan fingerprint density at radius 2 is 2.26 bits per heavy atom. The lowest BCUT2D eigenvalue weighted by molar-refractivity contribution is 0.0378. The molecule has 1 aliphatic rings. The van der Waals surface area contributed by atoms with E-state index in [0.29, 0.717) is 4.99 Å². The van der Waals surface area contributed by atoms with Gasteiger partial charge in [0, 0.05) is 25.8 Å². The lowest BCUT2D eigenvalue weighted by Gasteiger charge is -2.26. The summed E-state index contributed by atoms with van der Waals surface area (Å²) in [6.07, 6.45) is 2.80. The molecule has 1 aromatic rings. The van der Waals surface area contributed by atoms with Gasteiger partial charge in [0.1, 0.15) is 10.8 Å². The highest BCUT2D eigenvalue weighted by Gasteiger charge is 2.09. The van der Waals surface area contributed by atoms with Crippen molar-refractivity contribution < 1.29 is 4.74 Å². The average molecular weight is 280 g/mol. The van der Waals surface area contributed by atoms with Crippen LogP contribution in [-0.4, -0.2) is 54.3 Å². The maximum Gasteiger partial charge on any atom is 0.136 e. The average Bonchev–Trinajstić information content (AvgIpc) is 2.45. The van der Waals surface area contributed by atoms with E-state index in [-0.39, 0.29) is 0 Å². The van der Waals surface area contributed by atoms with Crippen LogP contribution in [-0.2, 0) is 4.74 Å². The number of hydrogen-bond donors (Lipinski definition) is 2. The van der Waals surface area contributed by atoms with Gasteiger partial charge in [-0.25, -0.2) is 4.98 Å². The molecule has 2 heterocycles. The molecule has 0 amide bonds. The van der Waals surface area contributed by atoms with Crippen molar-refractivity contribution in [3.63, 3.8) is 0 Å². The van der Waals surface area contributed by atoms with Gasteiger partial charge in [0.15, 0.2) is 0 Å². The molecule has 5 nitrogen and oxygen atoms in total. The summed E-state index contributed by atoms with van der Waals surface area (Å²) in [5.41, 5.74) is 6.47. The molecule has 1 aromatic heterocycles. The van der Waals surface area contributed by atoms with Gasteiger partial charge in [-0.15, -0.1) is 0 Å². The first kappa shape index (κ1) is 14.2. The number of hydrogen-bond acceptors (Lipinski definition) is 5. The molecule has 0 atom stereocenters. The number of nitrogens with one attached hydrogen (secondary N) is 1. The topological polar surface area (TPSA) is 63.4 Å². The summed E-state index contributed by atoms with van der Waals surface area (Å²) in [5, 5.41) is 3.30. The summed E-state index contributed by atoms with van der Waals surface area (Å²) < 4.78 is 5.32. The fourth-order valence-corrected chi connectivity index (χ4v) is 2.24. The molecule has 0 unspecified atom stereocenters. The van der Waals surface area contributed by atoms with Crippen LogP contribution in [0.5, 0.6) is 0 Å². The predicted molar refractivity (Wildman–Crippen MR) is 80.5 cm³/mol. The van der Waals surface area contributed by atoms with Crippen molar-refractivity contribution in [1.29, 1.82) is 0 Å². The van der Waals surface area contributed by atoms with Gasteiger partial charge < -0.3 is 15.8 Å². The van der Waals surface area contributed by atoms with Crippen LogP contribution in [0.2, 0.25) is 0 Å². The summed E-state index contributed by atoms with van der Waals surface area (Å²) in [6.45, 7) is 5.69. The maximum atomic E-state index is 5.67. The van der Waals surface area contributed by atoms with Gasteiger partial charge in [-0.2, -0.15) is 0 Å². The fourth-order valence-electron chi connectivity index (χ4n) is 2.08. The number of morpholine rings is 1. The van der Waals surface area contributed by atoms with Gasteiger partial charge >= 0.3 is 0 Å². The first-order valence-corrected chi connectivity index (χ1v) is 6.97. The predicted octanol–water partition coefficient (Wildman–Crippen LogP) is 0.850. The van der Waals surface area contributed by atoms with Crippen LogP contribution in [0.25, 0.3) is 0 Å². The second kappa shape index (κ2) is 7.37. The first-order chi connectivity index (χ1) is 9.27. The van der Waals surface area contributed by atoms with E-state index in [0.717, 1.165) is 57.2 Å².